The molecule has 0 saturated carbocycles. The Bertz CT molecular complexity index is 528. The van der Waals surface area contributed by atoms with Crippen molar-refractivity contribution in [2.75, 3.05) is 26.8 Å². The van der Waals surface area contributed by atoms with Crippen molar-refractivity contribution in [1.29, 1.82) is 0 Å². The number of nitrogens with one attached hydrogen (secondary N) is 2. The predicted molar refractivity (Wildman–Crippen MR) is 71.0 cm³/mol. The average molecular weight is 246 g/mol. The van der Waals surface area contributed by atoms with Gasteiger partial charge in [0.1, 0.15) is 5.75 Å². The molecule has 3 rings (SSSR count). The number of hydrogen-bond donors (Lipinski definition) is 2. The lowest BCUT2D eigenvalue weighted by Crippen LogP contribution is -2.16. The first-order valence-electron chi connectivity index (χ1n) is 6.36. The molecule has 0 bridgehead atoms. The summed E-state index contributed by atoms with van der Waals surface area (Å²) in [6, 6.07) is 6.22. The second-order valence-electron chi connectivity index (χ2n) is 4.52. The van der Waals surface area contributed by atoms with Gasteiger partial charge in [0.2, 0.25) is 0 Å². The molecule has 0 aliphatic carbocycles. The van der Waals surface area contributed by atoms with Crippen molar-refractivity contribution in [3.8, 4) is 5.75 Å². The van der Waals surface area contributed by atoms with E-state index in [2.05, 4.69) is 22.4 Å². The molecule has 2 N–H and O–H groups in total. The number of benzene rings is 1. The number of hydrogen-bond acceptors (Lipinski definition) is 3. The molecular weight excluding hydrogens is 228 g/mol. The molecule has 4 heteroatoms. The van der Waals surface area contributed by atoms with Crippen molar-refractivity contribution < 1.29 is 9.47 Å². The van der Waals surface area contributed by atoms with Gasteiger partial charge in [-0.15, -0.1) is 0 Å². The van der Waals surface area contributed by atoms with Crippen molar-refractivity contribution in [3.63, 3.8) is 0 Å². The molecule has 4 nitrogen and oxygen atoms in total. The van der Waals surface area contributed by atoms with Crippen LogP contribution in [0.4, 0.5) is 0 Å². The molecule has 2 heterocycles. The molecule has 1 fully saturated rings. The van der Waals surface area contributed by atoms with E-state index in [-0.39, 0.29) is 6.10 Å². The largest absolute Gasteiger partial charge is 0.495 e. The Labute approximate surface area is 106 Å². The predicted octanol–water partition coefficient (Wildman–Crippen LogP) is 2.23. The number of aromatic amines is 1. The lowest BCUT2D eigenvalue weighted by Gasteiger charge is -2.17. The van der Waals surface area contributed by atoms with Gasteiger partial charge in [0.25, 0.3) is 0 Å². The van der Waals surface area contributed by atoms with E-state index in [1.807, 2.05) is 12.3 Å². The van der Waals surface area contributed by atoms with E-state index in [1.54, 1.807) is 7.11 Å². The van der Waals surface area contributed by atoms with E-state index in [9.17, 15) is 0 Å². The fourth-order valence-corrected chi connectivity index (χ4v) is 2.56. The van der Waals surface area contributed by atoms with Crippen LogP contribution in [0.15, 0.2) is 24.4 Å². The first-order chi connectivity index (χ1) is 8.90. The number of ether oxygens (including phenoxy) is 2. The minimum atomic E-state index is 0.171. The average Bonchev–Trinajstić information content (AvgIpc) is 2.73. The van der Waals surface area contributed by atoms with Crippen LogP contribution < -0.4 is 10.1 Å². The molecule has 96 valence electrons. The lowest BCUT2D eigenvalue weighted by atomic mass is 10.0. The highest BCUT2D eigenvalue weighted by Gasteiger charge is 2.18. The Morgan fingerprint density at radius 1 is 1.28 bits per heavy atom. The summed E-state index contributed by atoms with van der Waals surface area (Å²) in [5.74, 6) is 0.880. The van der Waals surface area contributed by atoms with E-state index in [0.717, 1.165) is 37.4 Å². The Balaban J connectivity index is 2.03. The SMILES string of the molecule is COc1ccc(C2CCNCCO2)c2cc[nH]c12. The van der Waals surface area contributed by atoms with Gasteiger partial charge in [0.15, 0.2) is 0 Å². The molecule has 1 saturated heterocycles. The third-order valence-electron chi connectivity index (χ3n) is 3.47. The fraction of sp³-hybridized carbons (Fsp3) is 0.429. The van der Waals surface area contributed by atoms with Crippen LogP contribution in [0.3, 0.4) is 0 Å². The molecule has 1 aromatic heterocycles. The van der Waals surface area contributed by atoms with Gasteiger partial charge in [-0.05, 0) is 30.7 Å². The van der Waals surface area contributed by atoms with E-state index >= 15 is 0 Å². The van der Waals surface area contributed by atoms with Gasteiger partial charge in [0.05, 0.1) is 25.3 Å². The maximum absolute atomic E-state index is 5.92. The molecule has 2 aromatic rings. The van der Waals surface area contributed by atoms with Crippen molar-refractivity contribution >= 4 is 10.9 Å². The monoisotopic (exact) mass is 246 g/mol. The fourth-order valence-electron chi connectivity index (χ4n) is 2.56. The van der Waals surface area contributed by atoms with Gasteiger partial charge >= 0.3 is 0 Å². The van der Waals surface area contributed by atoms with Crippen molar-refractivity contribution in [2.45, 2.75) is 12.5 Å². The third kappa shape index (κ3) is 1.98. The lowest BCUT2D eigenvalue weighted by molar-refractivity contribution is 0.0654. The van der Waals surface area contributed by atoms with Crippen molar-refractivity contribution in [3.05, 3.63) is 30.0 Å². The summed E-state index contributed by atoms with van der Waals surface area (Å²) in [5.41, 5.74) is 2.30. The van der Waals surface area contributed by atoms with Crippen LogP contribution in [0.1, 0.15) is 18.1 Å². The maximum atomic E-state index is 5.92. The molecular formula is C14H18N2O2. The van der Waals surface area contributed by atoms with Gasteiger partial charge in [-0.1, -0.05) is 6.07 Å². The number of aromatic nitrogens is 1. The van der Waals surface area contributed by atoms with Crippen LogP contribution in [0.25, 0.3) is 10.9 Å². The van der Waals surface area contributed by atoms with Crippen LogP contribution >= 0.6 is 0 Å². The molecule has 0 radical (unpaired) electrons. The Kier molecular flexibility index (Phi) is 3.21. The van der Waals surface area contributed by atoms with Crippen LogP contribution in [-0.2, 0) is 4.74 Å². The number of rotatable bonds is 2. The molecule has 1 unspecified atom stereocenters. The van der Waals surface area contributed by atoms with Crippen LogP contribution in [0, 0.1) is 0 Å². The summed E-state index contributed by atoms with van der Waals surface area (Å²) in [4.78, 5) is 3.24. The quantitative estimate of drug-likeness (QED) is 0.854. The van der Waals surface area contributed by atoms with Gasteiger partial charge in [-0.3, -0.25) is 0 Å². The summed E-state index contributed by atoms with van der Waals surface area (Å²) >= 11 is 0. The Hall–Kier alpha value is -1.52. The van der Waals surface area contributed by atoms with E-state index in [4.69, 9.17) is 9.47 Å². The Morgan fingerprint density at radius 2 is 2.22 bits per heavy atom. The van der Waals surface area contributed by atoms with Gasteiger partial charge in [-0.2, -0.15) is 0 Å². The van der Waals surface area contributed by atoms with Gasteiger partial charge in [-0.25, -0.2) is 0 Å². The summed E-state index contributed by atoms with van der Waals surface area (Å²) in [5, 5.41) is 4.55. The third-order valence-corrected chi connectivity index (χ3v) is 3.47. The highest BCUT2D eigenvalue weighted by Crippen LogP contribution is 2.33. The maximum Gasteiger partial charge on any atom is 0.142 e. The standard InChI is InChI=1S/C14H18N2O2/c1-17-13-3-2-10(11-4-7-16-14(11)13)12-5-6-15-8-9-18-12/h2-4,7,12,15-16H,5-6,8-9H2,1H3. The van der Waals surface area contributed by atoms with Crippen LogP contribution in [-0.4, -0.2) is 31.8 Å². The Morgan fingerprint density at radius 3 is 3.11 bits per heavy atom. The smallest absolute Gasteiger partial charge is 0.142 e. The summed E-state index contributed by atoms with van der Waals surface area (Å²) in [6.45, 7) is 2.70. The minimum Gasteiger partial charge on any atom is -0.495 e. The van der Waals surface area contributed by atoms with E-state index in [1.165, 1.54) is 10.9 Å². The molecule has 1 atom stereocenters. The second-order valence-corrected chi connectivity index (χ2v) is 4.52. The van der Waals surface area contributed by atoms with Crippen LogP contribution in [0.5, 0.6) is 5.75 Å². The molecule has 18 heavy (non-hydrogen) atoms. The van der Waals surface area contributed by atoms with Gasteiger partial charge < -0.3 is 19.8 Å². The zero-order valence-electron chi connectivity index (χ0n) is 10.5. The molecule has 1 aliphatic rings. The van der Waals surface area contributed by atoms with Crippen LogP contribution in [0.2, 0.25) is 0 Å². The molecule has 1 aromatic carbocycles. The topological polar surface area (TPSA) is 46.3 Å². The molecule has 0 amide bonds. The zero-order chi connectivity index (χ0) is 12.4. The van der Waals surface area contributed by atoms with E-state index < -0.39 is 0 Å². The number of fused-ring (bicyclic) bond motifs is 1. The highest BCUT2D eigenvalue weighted by molar-refractivity contribution is 5.88. The summed E-state index contributed by atoms with van der Waals surface area (Å²) < 4.78 is 11.3. The van der Waals surface area contributed by atoms with Crippen molar-refractivity contribution in [1.82, 2.24) is 10.3 Å². The first-order valence-corrected chi connectivity index (χ1v) is 6.36. The summed E-state index contributed by atoms with van der Waals surface area (Å²) in [6.07, 6.45) is 3.13. The number of methoxy groups -OCH3 is 1. The van der Waals surface area contributed by atoms with Crippen molar-refractivity contribution in [2.24, 2.45) is 0 Å². The van der Waals surface area contributed by atoms with E-state index in [0.29, 0.717) is 0 Å². The molecule has 1 aliphatic heterocycles. The first kappa shape index (κ1) is 11.6. The zero-order valence-corrected chi connectivity index (χ0v) is 10.5. The molecule has 0 spiro atoms. The minimum absolute atomic E-state index is 0.171. The van der Waals surface area contributed by atoms with Gasteiger partial charge in [0, 0.05) is 18.1 Å². The second kappa shape index (κ2) is 5.00. The normalized spacial score (nSPS) is 20.8. The highest BCUT2D eigenvalue weighted by atomic mass is 16.5. The summed E-state index contributed by atoms with van der Waals surface area (Å²) in [7, 11) is 1.70. The number of H-pyrrole nitrogens is 1.